The Kier molecular flexibility index (Phi) is 3.99. The van der Waals surface area contributed by atoms with E-state index in [1.807, 2.05) is 30.7 Å². The molecule has 1 aromatic heterocycles. The first-order chi connectivity index (χ1) is 8.61. The summed E-state index contributed by atoms with van der Waals surface area (Å²) in [5, 5.41) is 3.98. The fraction of sp³-hybridized carbons (Fsp3) is 0.286. The normalized spacial score (nSPS) is 10.9. The van der Waals surface area contributed by atoms with Gasteiger partial charge in [-0.15, -0.1) is 0 Å². The Hall–Kier alpha value is -1.39. The molecule has 0 spiro atoms. The molecule has 0 aliphatic rings. The standard InChI is InChI=1S/C14H16FNOS/c1-9(2)17-14-4-3-10(5-13(14)15)12-8-18-7-11(12)6-16/h3-5,7-9H,6,16H2,1-2H3. The van der Waals surface area contributed by atoms with Gasteiger partial charge in [0, 0.05) is 6.54 Å². The van der Waals surface area contributed by atoms with E-state index in [0.29, 0.717) is 12.3 Å². The van der Waals surface area contributed by atoms with E-state index in [9.17, 15) is 4.39 Å². The second-order valence-corrected chi connectivity index (χ2v) is 5.07. The molecular formula is C14H16FNOS. The largest absolute Gasteiger partial charge is 0.488 e. The van der Waals surface area contributed by atoms with E-state index in [2.05, 4.69) is 0 Å². The van der Waals surface area contributed by atoms with Crippen molar-refractivity contribution in [3.63, 3.8) is 0 Å². The predicted octanol–water partition coefficient (Wildman–Crippen LogP) is 3.80. The molecule has 0 fully saturated rings. The van der Waals surface area contributed by atoms with Gasteiger partial charge in [-0.05, 0) is 53.4 Å². The minimum absolute atomic E-state index is 0.0360. The maximum absolute atomic E-state index is 13.9. The number of nitrogens with two attached hydrogens (primary N) is 1. The minimum Gasteiger partial charge on any atom is -0.488 e. The number of benzene rings is 1. The van der Waals surface area contributed by atoms with E-state index in [1.165, 1.54) is 6.07 Å². The fourth-order valence-electron chi connectivity index (χ4n) is 1.75. The maximum Gasteiger partial charge on any atom is 0.165 e. The highest BCUT2D eigenvalue weighted by atomic mass is 32.1. The van der Waals surface area contributed by atoms with Gasteiger partial charge in [0.25, 0.3) is 0 Å². The second kappa shape index (κ2) is 5.50. The summed E-state index contributed by atoms with van der Waals surface area (Å²) in [4.78, 5) is 0. The smallest absolute Gasteiger partial charge is 0.165 e. The van der Waals surface area contributed by atoms with Crippen LogP contribution in [0.1, 0.15) is 19.4 Å². The minimum atomic E-state index is -0.338. The lowest BCUT2D eigenvalue weighted by Gasteiger charge is -2.11. The van der Waals surface area contributed by atoms with Crippen LogP contribution in [0.3, 0.4) is 0 Å². The molecule has 96 valence electrons. The lowest BCUT2D eigenvalue weighted by molar-refractivity contribution is 0.231. The van der Waals surface area contributed by atoms with Gasteiger partial charge in [-0.3, -0.25) is 0 Å². The average molecular weight is 265 g/mol. The summed E-state index contributed by atoms with van der Waals surface area (Å²) in [5.74, 6) is -0.0475. The molecule has 0 saturated carbocycles. The Balaban J connectivity index is 2.34. The summed E-state index contributed by atoms with van der Waals surface area (Å²) in [5.41, 5.74) is 8.53. The van der Waals surface area contributed by atoms with Crippen LogP contribution in [0.4, 0.5) is 4.39 Å². The molecule has 2 N–H and O–H groups in total. The number of rotatable bonds is 4. The monoisotopic (exact) mass is 265 g/mol. The second-order valence-electron chi connectivity index (χ2n) is 4.33. The summed E-state index contributed by atoms with van der Waals surface area (Å²) in [6.07, 6.45) is -0.0360. The number of halogens is 1. The zero-order valence-electron chi connectivity index (χ0n) is 10.4. The molecular weight excluding hydrogens is 249 g/mol. The molecule has 0 amide bonds. The quantitative estimate of drug-likeness (QED) is 0.912. The SMILES string of the molecule is CC(C)Oc1ccc(-c2cscc2CN)cc1F. The Morgan fingerprint density at radius 3 is 2.72 bits per heavy atom. The van der Waals surface area contributed by atoms with E-state index >= 15 is 0 Å². The first-order valence-corrected chi connectivity index (χ1v) is 6.77. The third kappa shape index (κ3) is 2.71. The Morgan fingerprint density at radius 1 is 1.33 bits per heavy atom. The van der Waals surface area contributed by atoms with Crippen LogP contribution in [0.25, 0.3) is 11.1 Å². The summed E-state index contributed by atoms with van der Waals surface area (Å²) in [7, 11) is 0. The molecule has 1 heterocycles. The molecule has 0 unspecified atom stereocenters. The lowest BCUT2D eigenvalue weighted by atomic mass is 10.0. The highest BCUT2D eigenvalue weighted by Gasteiger charge is 2.10. The van der Waals surface area contributed by atoms with Crippen LogP contribution in [0.2, 0.25) is 0 Å². The van der Waals surface area contributed by atoms with E-state index in [0.717, 1.165) is 16.7 Å². The van der Waals surface area contributed by atoms with Gasteiger partial charge in [0.1, 0.15) is 0 Å². The van der Waals surface area contributed by atoms with Gasteiger partial charge in [0.05, 0.1) is 6.10 Å². The van der Waals surface area contributed by atoms with Gasteiger partial charge in [0.15, 0.2) is 11.6 Å². The molecule has 1 aromatic carbocycles. The van der Waals surface area contributed by atoms with E-state index in [-0.39, 0.29) is 11.9 Å². The van der Waals surface area contributed by atoms with Crippen LogP contribution >= 0.6 is 11.3 Å². The van der Waals surface area contributed by atoms with Crippen molar-refractivity contribution in [1.82, 2.24) is 0 Å². The molecule has 0 atom stereocenters. The van der Waals surface area contributed by atoms with E-state index in [1.54, 1.807) is 17.4 Å². The molecule has 0 bridgehead atoms. The molecule has 4 heteroatoms. The van der Waals surface area contributed by atoms with Crippen LogP contribution in [-0.4, -0.2) is 6.10 Å². The van der Waals surface area contributed by atoms with Crippen molar-refractivity contribution in [3.8, 4) is 16.9 Å². The molecule has 0 radical (unpaired) electrons. The number of ether oxygens (including phenoxy) is 1. The lowest BCUT2D eigenvalue weighted by Crippen LogP contribution is -2.06. The van der Waals surface area contributed by atoms with Gasteiger partial charge in [0.2, 0.25) is 0 Å². The molecule has 18 heavy (non-hydrogen) atoms. The van der Waals surface area contributed by atoms with Crippen LogP contribution in [0, 0.1) is 5.82 Å². The Bertz CT molecular complexity index is 536. The first kappa shape index (κ1) is 13.1. The van der Waals surface area contributed by atoms with Crippen molar-refractivity contribution in [2.45, 2.75) is 26.5 Å². The predicted molar refractivity (Wildman–Crippen MR) is 73.4 cm³/mol. The van der Waals surface area contributed by atoms with Gasteiger partial charge in [-0.25, -0.2) is 4.39 Å². The van der Waals surface area contributed by atoms with Gasteiger partial charge in [-0.1, -0.05) is 6.07 Å². The summed E-state index contributed by atoms with van der Waals surface area (Å²) in [6, 6.07) is 5.03. The summed E-state index contributed by atoms with van der Waals surface area (Å²) < 4.78 is 19.3. The van der Waals surface area contributed by atoms with Crippen molar-refractivity contribution in [2.75, 3.05) is 0 Å². The summed E-state index contributed by atoms with van der Waals surface area (Å²) >= 11 is 1.57. The number of hydrogen-bond acceptors (Lipinski definition) is 3. The fourth-order valence-corrected chi connectivity index (χ4v) is 2.63. The van der Waals surface area contributed by atoms with Crippen molar-refractivity contribution in [2.24, 2.45) is 5.73 Å². The molecule has 0 aliphatic heterocycles. The van der Waals surface area contributed by atoms with Crippen molar-refractivity contribution >= 4 is 11.3 Å². The zero-order chi connectivity index (χ0) is 13.1. The van der Waals surface area contributed by atoms with Crippen LogP contribution in [-0.2, 0) is 6.54 Å². The molecule has 2 rings (SSSR count). The van der Waals surface area contributed by atoms with Gasteiger partial charge < -0.3 is 10.5 Å². The molecule has 0 aliphatic carbocycles. The first-order valence-electron chi connectivity index (χ1n) is 5.83. The third-order valence-electron chi connectivity index (χ3n) is 2.57. The van der Waals surface area contributed by atoms with E-state index in [4.69, 9.17) is 10.5 Å². The van der Waals surface area contributed by atoms with Gasteiger partial charge >= 0.3 is 0 Å². The number of hydrogen-bond donors (Lipinski definition) is 1. The molecule has 0 saturated heterocycles. The Labute approximate surface area is 110 Å². The number of thiophene rings is 1. The van der Waals surface area contributed by atoms with Crippen LogP contribution < -0.4 is 10.5 Å². The molecule has 2 nitrogen and oxygen atoms in total. The molecule has 2 aromatic rings. The van der Waals surface area contributed by atoms with Crippen LogP contribution in [0.5, 0.6) is 5.75 Å². The maximum atomic E-state index is 13.9. The van der Waals surface area contributed by atoms with Crippen LogP contribution in [0.15, 0.2) is 29.0 Å². The van der Waals surface area contributed by atoms with Crippen molar-refractivity contribution in [3.05, 3.63) is 40.3 Å². The average Bonchev–Trinajstić information content (AvgIpc) is 2.79. The zero-order valence-corrected chi connectivity index (χ0v) is 11.3. The highest BCUT2D eigenvalue weighted by Crippen LogP contribution is 2.30. The van der Waals surface area contributed by atoms with Crippen molar-refractivity contribution < 1.29 is 9.13 Å². The Morgan fingerprint density at radius 2 is 2.11 bits per heavy atom. The highest BCUT2D eigenvalue weighted by molar-refractivity contribution is 7.08. The third-order valence-corrected chi connectivity index (χ3v) is 3.36. The van der Waals surface area contributed by atoms with Gasteiger partial charge in [-0.2, -0.15) is 11.3 Å². The van der Waals surface area contributed by atoms with Crippen molar-refractivity contribution in [1.29, 1.82) is 0 Å². The summed E-state index contributed by atoms with van der Waals surface area (Å²) in [6.45, 7) is 4.21. The topological polar surface area (TPSA) is 35.2 Å². The van der Waals surface area contributed by atoms with E-state index < -0.39 is 0 Å².